The Labute approximate surface area is 142 Å². The highest BCUT2D eigenvalue weighted by Crippen LogP contribution is 2.25. The summed E-state index contributed by atoms with van der Waals surface area (Å²) in [5.41, 5.74) is 4.66. The second-order valence-corrected chi connectivity index (χ2v) is 5.77. The van der Waals surface area contributed by atoms with Gasteiger partial charge in [0.2, 0.25) is 0 Å². The summed E-state index contributed by atoms with van der Waals surface area (Å²) in [7, 11) is 1.51. The summed E-state index contributed by atoms with van der Waals surface area (Å²) in [6.45, 7) is 6.20. The smallest absolute Gasteiger partial charge is 0.313 e. The van der Waals surface area contributed by atoms with Crippen LogP contribution in [0, 0.1) is 20.8 Å². The number of carbonyl (C=O) groups is 2. The Bertz CT molecular complexity index is 769. The average molecular weight is 326 g/mol. The second-order valence-electron chi connectivity index (χ2n) is 5.77. The molecular weight excluding hydrogens is 304 g/mol. The van der Waals surface area contributed by atoms with E-state index in [1.165, 1.54) is 7.11 Å². The molecule has 0 aromatic heterocycles. The Kier molecular flexibility index (Phi) is 5.58. The van der Waals surface area contributed by atoms with E-state index in [4.69, 9.17) is 4.74 Å². The van der Waals surface area contributed by atoms with Crippen LogP contribution in [0.4, 0.5) is 5.69 Å². The van der Waals surface area contributed by atoms with Crippen LogP contribution in [0.25, 0.3) is 0 Å². The maximum atomic E-state index is 12.1. The summed E-state index contributed by atoms with van der Waals surface area (Å²) in [5.74, 6) is -0.890. The van der Waals surface area contributed by atoms with E-state index in [0.29, 0.717) is 18.0 Å². The lowest BCUT2D eigenvalue weighted by molar-refractivity contribution is -0.136. The highest BCUT2D eigenvalue weighted by Gasteiger charge is 2.16. The van der Waals surface area contributed by atoms with Gasteiger partial charge in [0.15, 0.2) is 0 Å². The fraction of sp³-hybridized carbons (Fsp3) is 0.263. The summed E-state index contributed by atoms with van der Waals surface area (Å²) in [4.78, 5) is 24.1. The van der Waals surface area contributed by atoms with E-state index in [2.05, 4.69) is 10.6 Å². The molecule has 2 rings (SSSR count). The standard InChI is InChI=1S/C19H22N2O3/c1-12-5-7-15(14(3)9-12)11-20-18(22)19(23)21-16-10-13(2)6-8-17(16)24-4/h5-10H,11H2,1-4H3,(H,20,22)(H,21,23). The third-order valence-corrected chi connectivity index (χ3v) is 3.75. The van der Waals surface area contributed by atoms with Crippen LogP contribution in [0.3, 0.4) is 0 Å². The molecule has 5 heteroatoms. The fourth-order valence-corrected chi connectivity index (χ4v) is 2.40. The van der Waals surface area contributed by atoms with E-state index in [0.717, 1.165) is 22.3 Å². The van der Waals surface area contributed by atoms with Crippen LogP contribution in [-0.4, -0.2) is 18.9 Å². The third-order valence-electron chi connectivity index (χ3n) is 3.75. The lowest BCUT2D eigenvalue weighted by Gasteiger charge is -2.12. The second kappa shape index (κ2) is 7.64. The van der Waals surface area contributed by atoms with E-state index in [9.17, 15) is 9.59 Å². The quantitative estimate of drug-likeness (QED) is 0.849. The van der Waals surface area contributed by atoms with Crippen molar-refractivity contribution in [1.82, 2.24) is 5.32 Å². The van der Waals surface area contributed by atoms with Gasteiger partial charge in [0, 0.05) is 6.54 Å². The first-order valence-corrected chi connectivity index (χ1v) is 7.70. The fourth-order valence-electron chi connectivity index (χ4n) is 2.40. The van der Waals surface area contributed by atoms with E-state index in [1.54, 1.807) is 12.1 Å². The molecule has 0 aliphatic rings. The van der Waals surface area contributed by atoms with Crippen molar-refractivity contribution in [1.29, 1.82) is 0 Å². The van der Waals surface area contributed by atoms with Gasteiger partial charge in [-0.3, -0.25) is 9.59 Å². The number of rotatable bonds is 4. The molecule has 0 spiro atoms. The maximum Gasteiger partial charge on any atom is 0.313 e. The lowest BCUT2D eigenvalue weighted by Crippen LogP contribution is -2.35. The van der Waals surface area contributed by atoms with Crippen molar-refractivity contribution in [2.75, 3.05) is 12.4 Å². The number of methoxy groups -OCH3 is 1. The predicted octanol–water partition coefficient (Wildman–Crippen LogP) is 2.88. The zero-order valence-corrected chi connectivity index (χ0v) is 14.4. The van der Waals surface area contributed by atoms with Gasteiger partial charge in [-0.25, -0.2) is 0 Å². The molecule has 0 atom stereocenters. The molecule has 0 saturated heterocycles. The van der Waals surface area contributed by atoms with Gasteiger partial charge in [-0.2, -0.15) is 0 Å². The Balaban J connectivity index is 2.00. The first-order valence-electron chi connectivity index (χ1n) is 7.70. The summed E-state index contributed by atoms with van der Waals surface area (Å²) in [5, 5.41) is 5.23. The summed E-state index contributed by atoms with van der Waals surface area (Å²) in [6, 6.07) is 11.3. The topological polar surface area (TPSA) is 67.4 Å². The minimum atomic E-state index is -0.719. The summed E-state index contributed by atoms with van der Waals surface area (Å²) < 4.78 is 5.19. The molecule has 5 nitrogen and oxygen atoms in total. The molecule has 2 aromatic rings. The number of anilines is 1. The molecule has 0 aliphatic carbocycles. The molecule has 0 fully saturated rings. The van der Waals surface area contributed by atoms with Crippen LogP contribution in [0.15, 0.2) is 36.4 Å². The maximum absolute atomic E-state index is 12.1. The number of ether oxygens (including phenoxy) is 1. The number of benzene rings is 2. The van der Waals surface area contributed by atoms with Gasteiger partial charge in [0.25, 0.3) is 0 Å². The molecule has 2 amide bonds. The minimum Gasteiger partial charge on any atom is -0.495 e. The average Bonchev–Trinajstić information content (AvgIpc) is 2.54. The number of amides is 2. The normalized spacial score (nSPS) is 10.2. The van der Waals surface area contributed by atoms with Gasteiger partial charge in [-0.05, 0) is 49.6 Å². The molecule has 2 aromatic carbocycles. The van der Waals surface area contributed by atoms with Gasteiger partial charge < -0.3 is 15.4 Å². The largest absolute Gasteiger partial charge is 0.495 e. The predicted molar refractivity (Wildman–Crippen MR) is 94.1 cm³/mol. The molecule has 2 N–H and O–H groups in total. The van der Waals surface area contributed by atoms with Gasteiger partial charge >= 0.3 is 11.8 Å². The van der Waals surface area contributed by atoms with Crippen molar-refractivity contribution < 1.29 is 14.3 Å². The number of hydrogen-bond donors (Lipinski definition) is 2. The number of carbonyl (C=O) groups excluding carboxylic acids is 2. The van der Waals surface area contributed by atoms with E-state index < -0.39 is 11.8 Å². The monoisotopic (exact) mass is 326 g/mol. The molecule has 0 saturated carbocycles. The van der Waals surface area contributed by atoms with E-state index >= 15 is 0 Å². The van der Waals surface area contributed by atoms with Crippen LogP contribution in [0.1, 0.15) is 22.3 Å². The van der Waals surface area contributed by atoms with Crippen LogP contribution in [0.5, 0.6) is 5.75 Å². The minimum absolute atomic E-state index is 0.309. The summed E-state index contributed by atoms with van der Waals surface area (Å²) >= 11 is 0. The van der Waals surface area contributed by atoms with Gasteiger partial charge in [-0.1, -0.05) is 29.8 Å². The van der Waals surface area contributed by atoms with Crippen molar-refractivity contribution >= 4 is 17.5 Å². The Morgan fingerprint density at radius 2 is 1.62 bits per heavy atom. The molecule has 24 heavy (non-hydrogen) atoms. The molecule has 0 bridgehead atoms. The summed E-state index contributed by atoms with van der Waals surface area (Å²) in [6.07, 6.45) is 0. The molecule has 0 aliphatic heterocycles. The highest BCUT2D eigenvalue weighted by atomic mass is 16.5. The van der Waals surface area contributed by atoms with E-state index in [1.807, 2.05) is 45.0 Å². The van der Waals surface area contributed by atoms with Crippen LogP contribution in [-0.2, 0) is 16.1 Å². The zero-order chi connectivity index (χ0) is 17.7. The van der Waals surface area contributed by atoms with Crippen molar-refractivity contribution in [3.63, 3.8) is 0 Å². The Morgan fingerprint density at radius 3 is 2.29 bits per heavy atom. The van der Waals surface area contributed by atoms with Crippen molar-refractivity contribution in [2.45, 2.75) is 27.3 Å². The van der Waals surface area contributed by atoms with Crippen LogP contribution in [0.2, 0.25) is 0 Å². The van der Waals surface area contributed by atoms with Crippen LogP contribution >= 0.6 is 0 Å². The van der Waals surface area contributed by atoms with Gasteiger partial charge in [0.05, 0.1) is 12.8 Å². The molecular formula is C19H22N2O3. The van der Waals surface area contributed by atoms with E-state index in [-0.39, 0.29) is 0 Å². The number of aryl methyl sites for hydroxylation is 3. The van der Waals surface area contributed by atoms with Crippen LogP contribution < -0.4 is 15.4 Å². The van der Waals surface area contributed by atoms with Crippen molar-refractivity contribution in [3.8, 4) is 5.75 Å². The Morgan fingerprint density at radius 1 is 0.958 bits per heavy atom. The Hall–Kier alpha value is -2.82. The third kappa shape index (κ3) is 4.35. The van der Waals surface area contributed by atoms with Gasteiger partial charge in [0.1, 0.15) is 5.75 Å². The molecule has 0 unspecified atom stereocenters. The van der Waals surface area contributed by atoms with Gasteiger partial charge in [-0.15, -0.1) is 0 Å². The first kappa shape index (κ1) is 17.5. The number of nitrogens with one attached hydrogen (secondary N) is 2. The van der Waals surface area contributed by atoms with Crippen molar-refractivity contribution in [2.24, 2.45) is 0 Å². The molecule has 0 heterocycles. The number of hydrogen-bond acceptors (Lipinski definition) is 3. The molecule has 126 valence electrons. The zero-order valence-electron chi connectivity index (χ0n) is 14.4. The SMILES string of the molecule is COc1ccc(C)cc1NC(=O)C(=O)NCc1ccc(C)cc1C. The molecule has 0 radical (unpaired) electrons. The first-order chi connectivity index (χ1) is 11.4. The highest BCUT2D eigenvalue weighted by molar-refractivity contribution is 6.39. The lowest BCUT2D eigenvalue weighted by atomic mass is 10.1. The van der Waals surface area contributed by atoms with Crippen molar-refractivity contribution in [3.05, 3.63) is 58.7 Å².